The van der Waals surface area contributed by atoms with E-state index in [4.69, 9.17) is 4.74 Å². The molecule has 0 radical (unpaired) electrons. The van der Waals surface area contributed by atoms with Crippen LogP contribution in [0.1, 0.15) is 32.6 Å². The van der Waals surface area contributed by atoms with E-state index in [-0.39, 0.29) is 18.1 Å². The van der Waals surface area contributed by atoms with Crippen LogP contribution < -0.4 is 5.32 Å². The first-order valence-electron chi connectivity index (χ1n) is 6.89. The van der Waals surface area contributed by atoms with E-state index in [0.717, 1.165) is 13.1 Å². The van der Waals surface area contributed by atoms with Crippen molar-refractivity contribution in [3.8, 4) is 0 Å². The van der Waals surface area contributed by atoms with E-state index in [1.807, 2.05) is 11.8 Å². The number of urea groups is 1. The summed E-state index contributed by atoms with van der Waals surface area (Å²) in [6, 6.07) is -0.548. The van der Waals surface area contributed by atoms with E-state index >= 15 is 0 Å². The smallest absolute Gasteiger partial charge is 0.329 e. The molecule has 5 nitrogen and oxygen atoms in total. The topological polar surface area (TPSA) is 58.6 Å². The van der Waals surface area contributed by atoms with Crippen LogP contribution in [0.25, 0.3) is 0 Å². The lowest BCUT2D eigenvalue weighted by molar-refractivity contribution is -0.142. The normalized spacial score (nSPS) is 38.7. The van der Waals surface area contributed by atoms with Crippen LogP contribution in [0.4, 0.5) is 4.79 Å². The highest BCUT2D eigenvalue weighted by molar-refractivity contribution is 5.85. The fraction of sp³-hybridized carbons (Fsp3) is 0.846. The molecule has 2 heterocycles. The Bertz CT molecular complexity index is 359. The summed E-state index contributed by atoms with van der Waals surface area (Å²) in [5.74, 6) is 1.07. The van der Waals surface area contributed by atoms with E-state index in [1.165, 1.54) is 19.3 Å². The Kier molecular flexibility index (Phi) is 2.92. The predicted molar refractivity (Wildman–Crippen MR) is 64.9 cm³/mol. The number of nitrogens with one attached hydrogen (secondary N) is 1. The molecule has 0 aromatic rings. The van der Waals surface area contributed by atoms with Crippen molar-refractivity contribution >= 4 is 12.0 Å². The number of nitrogens with zero attached hydrogens (tertiary/aromatic N) is 1. The summed E-state index contributed by atoms with van der Waals surface area (Å²) in [5.41, 5.74) is 0. The maximum absolute atomic E-state index is 12.1. The Hall–Kier alpha value is -1.26. The Labute approximate surface area is 107 Å². The maximum atomic E-state index is 12.1. The Morgan fingerprint density at radius 1 is 1.33 bits per heavy atom. The second-order valence-corrected chi connectivity index (χ2v) is 5.84. The highest BCUT2D eigenvalue weighted by atomic mass is 16.6. The summed E-state index contributed by atoms with van der Waals surface area (Å²) >= 11 is 0. The molecule has 0 bridgehead atoms. The summed E-state index contributed by atoms with van der Waals surface area (Å²) in [6.45, 7) is 3.56. The number of likely N-dealkylation sites (tertiary alicyclic amines) is 1. The standard InChI is InChI=1S/C13H20N2O3/c1-8-5-11(12(16)18-8)14-13(17)15-6-9-3-2-4-10(9)7-15/h8-11H,2-7H2,1H3,(H,14,17). The summed E-state index contributed by atoms with van der Waals surface area (Å²) in [7, 11) is 0. The SMILES string of the molecule is CC1CC(NC(=O)N2CC3CCCC3C2)C(=O)O1. The van der Waals surface area contributed by atoms with Gasteiger partial charge in [-0.1, -0.05) is 6.42 Å². The van der Waals surface area contributed by atoms with Crippen LogP contribution in [-0.2, 0) is 9.53 Å². The lowest BCUT2D eigenvalue weighted by atomic mass is 10.0. The lowest BCUT2D eigenvalue weighted by Crippen LogP contribution is -2.46. The first kappa shape index (κ1) is 11.8. The molecule has 1 saturated carbocycles. The van der Waals surface area contributed by atoms with Gasteiger partial charge in [0.2, 0.25) is 0 Å². The van der Waals surface area contributed by atoms with Crippen molar-refractivity contribution in [2.45, 2.75) is 44.8 Å². The summed E-state index contributed by atoms with van der Waals surface area (Å²) in [6.07, 6.45) is 4.30. The number of fused-ring (bicyclic) bond motifs is 1. The van der Waals surface area contributed by atoms with E-state index in [2.05, 4.69) is 5.32 Å². The van der Waals surface area contributed by atoms with E-state index in [9.17, 15) is 9.59 Å². The average Bonchev–Trinajstić information content (AvgIpc) is 2.93. The van der Waals surface area contributed by atoms with Crippen LogP contribution in [0.3, 0.4) is 0 Å². The maximum Gasteiger partial charge on any atom is 0.329 e. The van der Waals surface area contributed by atoms with Gasteiger partial charge in [0.15, 0.2) is 0 Å². The molecule has 0 spiro atoms. The Morgan fingerprint density at radius 3 is 2.56 bits per heavy atom. The van der Waals surface area contributed by atoms with Gasteiger partial charge >= 0.3 is 12.0 Å². The number of ether oxygens (including phenoxy) is 1. The molecule has 1 N–H and O–H groups in total. The third kappa shape index (κ3) is 2.06. The third-order valence-electron chi connectivity index (χ3n) is 4.48. The van der Waals surface area contributed by atoms with Crippen molar-refractivity contribution in [3.05, 3.63) is 0 Å². The van der Waals surface area contributed by atoms with E-state index in [0.29, 0.717) is 18.3 Å². The molecular formula is C13H20N2O3. The highest BCUT2D eigenvalue weighted by Crippen LogP contribution is 2.37. The number of hydrogen-bond donors (Lipinski definition) is 1. The number of carbonyl (C=O) groups is 2. The zero-order chi connectivity index (χ0) is 12.7. The molecule has 18 heavy (non-hydrogen) atoms. The van der Waals surface area contributed by atoms with Gasteiger partial charge < -0.3 is 15.0 Å². The quantitative estimate of drug-likeness (QED) is 0.712. The van der Waals surface area contributed by atoms with Crippen molar-refractivity contribution < 1.29 is 14.3 Å². The number of hydrogen-bond acceptors (Lipinski definition) is 3. The number of rotatable bonds is 1. The monoisotopic (exact) mass is 252 g/mol. The van der Waals surface area contributed by atoms with Gasteiger partial charge in [-0.3, -0.25) is 0 Å². The fourth-order valence-electron chi connectivity index (χ4n) is 3.52. The van der Waals surface area contributed by atoms with Crippen LogP contribution >= 0.6 is 0 Å². The summed E-state index contributed by atoms with van der Waals surface area (Å²) < 4.78 is 5.04. The molecule has 0 aromatic carbocycles. The van der Waals surface area contributed by atoms with Crippen molar-refractivity contribution in [1.82, 2.24) is 10.2 Å². The minimum atomic E-state index is -0.451. The molecule has 5 heteroatoms. The van der Waals surface area contributed by atoms with Crippen LogP contribution in [0, 0.1) is 11.8 Å². The minimum Gasteiger partial charge on any atom is -0.461 e. The van der Waals surface area contributed by atoms with Gasteiger partial charge in [0.1, 0.15) is 12.1 Å². The largest absolute Gasteiger partial charge is 0.461 e. The number of cyclic esters (lactones) is 1. The van der Waals surface area contributed by atoms with Gasteiger partial charge in [-0.25, -0.2) is 9.59 Å². The second-order valence-electron chi connectivity index (χ2n) is 5.84. The van der Waals surface area contributed by atoms with Crippen molar-refractivity contribution in [3.63, 3.8) is 0 Å². The van der Waals surface area contributed by atoms with Crippen molar-refractivity contribution in [2.24, 2.45) is 11.8 Å². The number of carbonyl (C=O) groups excluding carboxylic acids is 2. The predicted octanol–water partition coefficient (Wildman–Crippen LogP) is 1.13. The molecule has 2 aliphatic heterocycles. The third-order valence-corrected chi connectivity index (χ3v) is 4.48. The molecule has 0 aromatic heterocycles. The molecule has 3 rings (SSSR count). The molecule has 100 valence electrons. The lowest BCUT2D eigenvalue weighted by Gasteiger charge is -2.19. The van der Waals surface area contributed by atoms with E-state index in [1.54, 1.807) is 0 Å². The van der Waals surface area contributed by atoms with Gasteiger partial charge in [0.05, 0.1) is 0 Å². The Balaban J connectivity index is 1.55. The second kappa shape index (κ2) is 4.44. The van der Waals surface area contributed by atoms with Crippen LogP contribution in [0.5, 0.6) is 0 Å². The van der Waals surface area contributed by atoms with Crippen molar-refractivity contribution in [1.29, 1.82) is 0 Å². The number of esters is 1. The molecule has 4 unspecified atom stereocenters. The van der Waals surface area contributed by atoms with Crippen LogP contribution in [-0.4, -0.2) is 42.1 Å². The summed E-state index contributed by atoms with van der Waals surface area (Å²) in [4.78, 5) is 25.4. The molecule has 4 atom stereocenters. The van der Waals surface area contributed by atoms with E-state index < -0.39 is 6.04 Å². The Morgan fingerprint density at radius 2 is 2.00 bits per heavy atom. The zero-order valence-corrected chi connectivity index (χ0v) is 10.7. The van der Waals surface area contributed by atoms with Crippen LogP contribution in [0.15, 0.2) is 0 Å². The van der Waals surface area contributed by atoms with Gasteiger partial charge in [0, 0.05) is 19.5 Å². The van der Waals surface area contributed by atoms with Crippen molar-refractivity contribution in [2.75, 3.05) is 13.1 Å². The molecular weight excluding hydrogens is 232 g/mol. The molecule has 2 amide bonds. The van der Waals surface area contributed by atoms with Gasteiger partial charge in [-0.15, -0.1) is 0 Å². The van der Waals surface area contributed by atoms with Crippen LogP contribution in [0.2, 0.25) is 0 Å². The molecule has 3 aliphatic rings. The zero-order valence-electron chi connectivity index (χ0n) is 10.7. The fourth-order valence-corrected chi connectivity index (χ4v) is 3.52. The molecule has 3 fully saturated rings. The average molecular weight is 252 g/mol. The number of amides is 2. The van der Waals surface area contributed by atoms with Gasteiger partial charge in [0.25, 0.3) is 0 Å². The molecule has 2 saturated heterocycles. The minimum absolute atomic E-state index is 0.0826. The molecule has 1 aliphatic carbocycles. The van der Waals surface area contributed by atoms with Gasteiger partial charge in [-0.05, 0) is 31.6 Å². The first-order valence-corrected chi connectivity index (χ1v) is 6.89. The van der Waals surface area contributed by atoms with Gasteiger partial charge in [-0.2, -0.15) is 0 Å². The highest BCUT2D eigenvalue weighted by Gasteiger charge is 2.40. The first-order chi connectivity index (χ1) is 8.63. The summed E-state index contributed by atoms with van der Waals surface area (Å²) in [5, 5.41) is 2.80.